The maximum atomic E-state index is 12.4. The quantitative estimate of drug-likeness (QED) is 0.313. The predicted molar refractivity (Wildman–Crippen MR) is 163 cm³/mol. The molecule has 0 bridgehead atoms. The van der Waals surface area contributed by atoms with Crippen LogP contribution in [0, 0.1) is 0 Å². The molecule has 0 saturated carbocycles. The third-order valence-corrected chi connectivity index (χ3v) is 7.14. The highest BCUT2D eigenvalue weighted by molar-refractivity contribution is 6.22. The van der Waals surface area contributed by atoms with E-state index in [4.69, 9.17) is 0 Å². The molecule has 4 amide bonds. The smallest absolute Gasteiger partial charge is 0.261 e. The molecule has 0 spiro atoms. The first-order valence-electron chi connectivity index (χ1n) is 13.5. The minimum absolute atomic E-state index is 0. The van der Waals surface area contributed by atoms with Gasteiger partial charge in [-0.05, 0) is 50.5 Å². The molecular formula is C32H32ClN5O4. The van der Waals surface area contributed by atoms with Crippen molar-refractivity contribution < 1.29 is 19.2 Å². The lowest BCUT2D eigenvalue weighted by atomic mass is 10.1. The Morgan fingerprint density at radius 3 is 1.67 bits per heavy atom. The van der Waals surface area contributed by atoms with E-state index in [2.05, 4.69) is 21.3 Å². The van der Waals surface area contributed by atoms with E-state index in [1.807, 2.05) is 37.4 Å². The largest absolute Gasteiger partial charge is 0.318 e. The Balaban J connectivity index is 0.000000216. The van der Waals surface area contributed by atoms with Crippen molar-refractivity contribution in [2.24, 2.45) is 0 Å². The lowest BCUT2D eigenvalue weighted by molar-refractivity contribution is 0.0630. The summed E-state index contributed by atoms with van der Waals surface area (Å²) in [6, 6.07) is 26.0. The molecular weight excluding hydrogens is 554 g/mol. The van der Waals surface area contributed by atoms with Gasteiger partial charge in [-0.25, -0.2) is 0 Å². The Morgan fingerprint density at radius 2 is 1.14 bits per heavy atom. The molecule has 3 aromatic carbocycles. The zero-order valence-electron chi connectivity index (χ0n) is 23.4. The van der Waals surface area contributed by atoms with E-state index in [1.165, 1.54) is 9.80 Å². The number of likely N-dealkylation sites (N-methyl/N-ethyl adjacent to an activating group) is 2. The van der Waals surface area contributed by atoms with Gasteiger partial charge in [-0.1, -0.05) is 48.5 Å². The third kappa shape index (κ3) is 6.23. The van der Waals surface area contributed by atoms with Crippen molar-refractivity contribution in [2.45, 2.75) is 6.54 Å². The molecule has 1 aromatic heterocycles. The molecule has 2 aliphatic rings. The van der Waals surface area contributed by atoms with Gasteiger partial charge in [0, 0.05) is 38.1 Å². The van der Waals surface area contributed by atoms with Gasteiger partial charge in [-0.3, -0.25) is 38.9 Å². The fraction of sp³-hybridized carbons (Fsp3) is 0.219. The van der Waals surface area contributed by atoms with Gasteiger partial charge in [0.1, 0.15) is 0 Å². The molecule has 0 fully saturated rings. The first-order valence-corrected chi connectivity index (χ1v) is 13.5. The van der Waals surface area contributed by atoms with Gasteiger partial charge in [0.05, 0.1) is 33.5 Å². The summed E-state index contributed by atoms with van der Waals surface area (Å²) in [6.07, 6.45) is 0. The number of carbonyl (C=O) groups excluding carboxylic acids is 4. The topological polar surface area (TPSA) is 103 Å². The molecule has 2 aliphatic heterocycles. The molecule has 6 rings (SSSR count). The van der Waals surface area contributed by atoms with Crippen LogP contribution in [-0.4, -0.2) is 83.6 Å². The van der Waals surface area contributed by atoms with E-state index in [-0.39, 0.29) is 36.0 Å². The molecule has 4 aromatic rings. The van der Waals surface area contributed by atoms with E-state index < -0.39 is 0 Å². The van der Waals surface area contributed by atoms with Crippen LogP contribution in [0.4, 0.5) is 0 Å². The van der Waals surface area contributed by atoms with Crippen LogP contribution in [0.5, 0.6) is 0 Å². The summed E-state index contributed by atoms with van der Waals surface area (Å²) in [5, 5.41) is 4.03. The van der Waals surface area contributed by atoms with Crippen LogP contribution < -0.4 is 5.32 Å². The highest BCUT2D eigenvalue weighted by Gasteiger charge is 2.35. The SMILES string of the molecule is CN(CCN1C(=O)c2ccccc2C1=O)Cc1ccc2ccccc2n1.CNCCN1C(=O)c2ccccc2C1=O.Cl. The predicted octanol–water partition coefficient (Wildman–Crippen LogP) is 3.89. The standard InChI is InChI=1S/C21H19N3O2.C11H12N2O2.ClH/c1-23(14-16-11-10-15-6-2-5-9-19(15)22-16)12-13-24-20(25)17-7-3-4-8-18(17)21(24)26;1-12-6-7-13-10(14)8-4-2-3-5-9(8)11(13)15;/h2-11H,12-14H2,1H3;2-5,12H,6-7H2,1H3;1H. The number of rotatable bonds is 8. The van der Waals surface area contributed by atoms with Crippen molar-refractivity contribution in [3.05, 3.63) is 113 Å². The number of benzene rings is 3. The van der Waals surface area contributed by atoms with Gasteiger partial charge in [-0.15, -0.1) is 12.4 Å². The Hall–Kier alpha value is -4.44. The first-order chi connectivity index (χ1) is 19.9. The van der Waals surface area contributed by atoms with Crippen molar-refractivity contribution in [1.82, 2.24) is 25.0 Å². The van der Waals surface area contributed by atoms with Crippen LogP contribution >= 0.6 is 12.4 Å². The molecule has 10 heteroatoms. The lowest BCUT2D eigenvalue weighted by Gasteiger charge is -2.20. The number of hydrogen-bond donors (Lipinski definition) is 1. The Morgan fingerprint density at radius 1 is 0.667 bits per heavy atom. The second-order valence-electron chi connectivity index (χ2n) is 9.95. The number of nitrogens with one attached hydrogen (secondary N) is 1. The van der Waals surface area contributed by atoms with Gasteiger partial charge >= 0.3 is 0 Å². The number of fused-ring (bicyclic) bond motifs is 3. The molecule has 42 heavy (non-hydrogen) atoms. The molecule has 0 saturated heterocycles. The van der Waals surface area contributed by atoms with Crippen LogP contribution in [0.15, 0.2) is 84.9 Å². The number of imide groups is 2. The fourth-order valence-electron chi connectivity index (χ4n) is 4.93. The lowest BCUT2D eigenvalue weighted by Crippen LogP contribution is -2.36. The molecule has 216 valence electrons. The molecule has 0 unspecified atom stereocenters. The minimum atomic E-state index is -0.206. The monoisotopic (exact) mass is 585 g/mol. The summed E-state index contributed by atoms with van der Waals surface area (Å²) in [4.78, 5) is 57.7. The maximum absolute atomic E-state index is 12.4. The molecule has 0 atom stereocenters. The number of pyridine rings is 1. The van der Waals surface area contributed by atoms with Gasteiger partial charge < -0.3 is 5.32 Å². The van der Waals surface area contributed by atoms with Gasteiger partial charge in [0.15, 0.2) is 0 Å². The summed E-state index contributed by atoms with van der Waals surface area (Å²) < 4.78 is 0. The Labute approximate surface area is 250 Å². The van der Waals surface area contributed by atoms with E-state index in [9.17, 15) is 19.2 Å². The van der Waals surface area contributed by atoms with E-state index in [0.29, 0.717) is 55.0 Å². The average molecular weight is 586 g/mol. The number of carbonyl (C=O) groups is 4. The van der Waals surface area contributed by atoms with Crippen molar-refractivity contribution in [1.29, 1.82) is 0 Å². The van der Waals surface area contributed by atoms with E-state index >= 15 is 0 Å². The van der Waals surface area contributed by atoms with Crippen LogP contribution in [0.3, 0.4) is 0 Å². The number of para-hydroxylation sites is 1. The zero-order chi connectivity index (χ0) is 28.9. The molecule has 0 aliphatic carbocycles. The van der Waals surface area contributed by atoms with Crippen molar-refractivity contribution in [3.63, 3.8) is 0 Å². The molecule has 0 radical (unpaired) electrons. The second kappa shape index (κ2) is 13.5. The zero-order valence-corrected chi connectivity index (χ0v) is 24.3. The first kappa shape index (κ1) is 30.5. The van der Waals surface area contributed by atoms with Crippen LogP contribution in [-0.2, 0) is 6.54 Å². The van der Waals surface area contributed by atoms with Crippen LogP contribution in [0.1, 0.15) is 47.1 Å². The van der Waals surface area contributed by atoms with E-state index in [0.717, 1.165) is 16.6 Å². The number of hydrogen-bond acceptors (Lipinski definition) is 7. The normalized spacial score (nSPS) is 13.7. The number of nitrogens with zero attached hydrogens (tertiary/aromatic N) is 4. The van der Waals surface area contributed by atoms with E-state index in [1.54, 1.807) is 55.6 Å². The highest BCUT2D eigenvalue weighted by atomic mass is 35.5. The maximum Gasteiger partial charge on any atom is 0.261 e. The van der Waals surface area contributed by atoms with Crippen molar-refractivity contribution >= 4 is 46.9 Å². The molecule has 9 nitrogen and oxygen atoms in total. The Kier molecular flexibility index (Phi) is 9.80. The number of halogens is 1. The van der Waals surface area contributed by atoms with Crippen LogP contribution in [0.25, 0.3) is 10.9 Å². The minimum Gasteiger partial charge on any atom is -0.318 e. The summed E-state index contributed by atoms with van der Waals surface area (Å²) in [7, 11) is 3.76. The van der Waals surface area contributed by atoms with Gasteiger partial charge in [0.25, 0.3) is 23.6 Å². The number of amides is 4. The third-order valence-electron chi connectivity index (χ3n) is 7.14. The van der Waals surface area contributed by atoms with Crippen molar-refractivity contribution in [2.75, 3.05) is 40.3 Å². The average Bonchev–Trinajstić information content (AvgIpc) is 3.39. The highest BCUT2D eigenvalue weighted by Crippen LogP contribution is 2.23. The summed E-state index contributed by atoms with van der Waals surface area (Å²) in [5.74, 6) is -0.789. The van der Waals surface area contributed by atoms with Crippen molar-refractivity contribution in [3.8, 4) is 0 Å². The fourth-order valence-corrected chi connectivity index (χ4v) is 4.93. The second-order valence-corrected chi connectivity index (χ2v) is 9.95. The summed E-state index contributed by atoms with van der Waals surface area (Å²) in [5.41, 5.74) is 3.96. The summed E-state index contributed by atoms with van der Waals surface area (Å²) in [6.45, 7) is 2.67. The number of aromatic nitrogens is 1. The molecule has 3 heterocycles. The van der Waals surface area contributed by atoms with Gasteiger partial charge in [-0.2, -0.15) is 0 Å². The Bertz CT molecular complexity index is 1570. The molecule has 1 N–H and O–H groups in total. The van der Waals surface area contributed by atoms with Gasteiger partial charge in [0.2, 0.25) is 0 Å². The van der Waals surface area contributed by atoms with Crippen LogP contribution in [0.2, 0.25) is 0 Å². The summed E-state index contributed by atoms with van der Waals surface area (Å²) >= 11 is 0.